The van der Waals surface area contributed by atoms with E-state index < -0.39 is 0 Å². The van der Waals surface area contributed by atoms with Crippen molar-refractivity contribution >= 4 is 27.4 Å². The van der Waals surface area contributed by atoms with Crippen LogP contribution in [0.25, 0.3) is 21.7 Å². The molecule has 0 amide bonds. The molecule has 3 aromatic rings. The fraction of sp³-hybridized carbons (Fsp3) is 0. The fourth-order valence-electron chi connectivity index (χ4n) is 2.04. The number of rotatable bonds is 1. The van der Waals surface area contributed by atoms with E-state index in [0.717, 1.165) is 16.3 Å². The number of benzene rings is 2. The number of fused-ring (bicyclic) bond motifs is 3. The monoisotopic (exact) mass is 212 g/mol. The highest BCUT2D eigenvalue weighted by molar-refractivity contribution is 6.09. The lowest BCUT2D eigenvalue weighted by molar-refractivity contribution is -0.382. The van der Waals surface area contributed by atoms with Crippen LogP contribution in [0.15, 0.2) is 42.6 Å². The van der Waals surface area contributed by atoms with Gasteiger partial charge in [-0.3, -0.25) is 10.1 Å². The molecular formula is C12H8N2O2. The minimum Gasteiger partial charge on any atom is -0.361 e. The normalized spacial score (nSPS) is 11.0. The van der Waals surface area contributed by atoms with Crippen LogP contribution in [-0.2, 0) is 0 Å². The number of aromatic nitrogens is 1. The van der Waals surface area contributed by atoms with E-state index in [1.165, 1.54) is 0 Å². The third kappa shape index (κ3) is 1.10. The van der Waals surface area contributed by atoms with Gasteiger partial charge < -0.3 is 4.98 Å². The van der Waals surface area contributed by atoms with Crippen LogP contribution in [0, 0.1) is 10.1 Å². The number of hydrogen-bond acceptors (Lipinski definition) is 2. The molecule has 78 valence electrons. The van der Waals surface area contributed by atoms with Crippen molar-refractivity contribution in [1.29, 1.82) is 0 Å². The van der Waals surface area contributed by atoms with Gasteiger partial charge in [0.25, 0.3) is 5.69 Å². The highest BCUT2D eigenvalue weighted by Crippen LogP contribution is 2.32. The second-order valence-corrected chi connectivity index (χ2v) is 3.64. The van der Waals surface area contributed by atoms with Crippen LogP contribution in [0.4, 0.5) is 5.69 Å². The Morgan fingerprint density at radius 1 is 1.12 bits per heavy atom. The number of aromatic amines is 1. The van der Waals surface area contributed by atoms with E-state index in [1.807, 2.05) is 24.3 Å². The molecule has 1 aromatic heterocycles. The molecular weight excluding hydrogens is 204 g/mol. The van der Waals surface area contributed by atoms with Gasteiger partial charge in [-0.1, -0.05) is 18.2 Å². The molecule has 1 N–H and O–H groups in total. The number of non-ortho nitro benzene ring substituents is 1. The number of nitrogens with zero attached hydrogens (tertiary/aromatic N) is 1. The van der Waals surface area contributed by atoms with Gasteiger partial charge in [-0.15, -0.1) is 0 Å². The average Bonchev–Trinajstić information content (AvgIpc) is 2.75. The predicted octanol–water partition coefficient (Wildman–Crippen LogP) is 3.23. The summed E-state index contributed by atoms with van der Waals surface area (Å²) < 4.78 is 0. The van der Waals surface area contributed by atoms with Gasteiger partial charge in [-0.05, 0) is 12.1 Å². The highest BCUT2D eigenvalue weighted by Gasteiger charge is 2.14. The molecule has 0 radical (unpaired) electrons. The van der Waals surface area contributed by atoms with Crippen molar-refractivity contribution in [1.82, 2.24) is 4.98 Å². The van der Waals surface area contributed by atoms with Crippen molar-refractivity contribution in [2.45, 2.75) is 0 Å². The average molecular weight is 212 g/mol. The van der Waals surface area contributed by atoms with Gasteiger partial charge in [0.05, 0.1) is 15.8 Å². The van der Waals surface area contributed by atoms with Crippen LogP contribution in [0.1, 0.15) is 0 Å². The summed E-state index contributed by atoms with van der Waals surface area (Å²) in [7, 11) is 0. The predicted molar refractivity (Wildman–Crippen MR) is 62.5 cm³/mol. The molecule has 4 nitrogen and oxygen atoms in total. The van der Waals surface area contributed by atoms with Crippen molar-refractivity contribution in [2.24, 2.45) is 0 Å². The highest BCUT2D eigenvalue weighted by atomic mass is 16.6. The summed E-state index contributed by atoms with van der Waals surface area (Å²) in [5.74, 6) is 0. The van der Waals surface area contributed by atoms with E-state index in [4.69, 9.17) is 0 Å². The van der Waals surface area contributed by atoms with Crippen LogP contribution < -0.4 is 0 Å². The van der Waals surface area contributed by atoms with E-state index >= 15 is 0 Å². The molecule has 3 rings (SSSR count). The zero-order valence-electron chi connectivity index (χ0n) is 8.31. The van der Waals surface area contributed by atoms with Gasteiger partial charge >= 0.3 is 0 Å². The summed E-state index contributed by atoms with van der Waals surface area (Å²) in [4.78, 5) is 13.7. The Labute approximate surface area is 90.7 Å². The van der Waals surface area contributed by atoms with E-state index in [-0.39, 0.29) is 10.6 Å². The first kappa shape index (κ1) is 8.91. The molecule has 4 heteroatoms. The first-order chi connectivity index (χ1) is 7.77. The van der Waals surface area contributed by atoms with E-state index in [2.05, 4.69) is 4.98 Å². The number of nitrogens with one attached hydrogen (secondary N) is 1. The zero-order chi connectivity index (χ0) is 11.1. The molecule has 0 aliphatic heterocycles. The molecule has 0 atom stereocenters. The second-order valence-electron chi connectivity index (χ2n) is 3.64. The zero-order valence-corrected chi connectivity index (χ0v) is 8.31. The summed E-state index contributed by atoms with van der Waals surface area (Å²) in [5.41, 5.74) is 1.10. The molecule has 0 spiro atoms. The van der Waals surface area contributed by atoms with Crippen LogP contribution in [0.5, 0.6) is 0 Å². The minimum absolute atomic E-state index is 0.155. The number of hydrogen-bond donors (Lipinski definition) is 1. The SMILES string of the molecule is O=[N+]([O-])c1cc2cc[nH]c2c2ccccc12. The molecule has 2 aromatic carbocycles. The Kier molecular flexibility index (Phi) is 1.71. The van der Waals surface area contributed by atoms with Gasteiger partial charge in [-0.2, -0.15) is 0 Å². The van der Waals surface area contributed by atoms with Gasteiger partial charge in [-0.25, -0.2) is 0 Å². The maximum absolute atomic E-state index is 11.0. The molecule has 0 saturated heterocycles. The fourth-order valence-corrected chi connectivity index (χ4v) is 2.04. The lowest BCUT2D eigenvalue weighted by atomic mass is 10.1. The molecule has 0 aliphatic carbocycles. The van der Waals surface area contributed by atoms with Crippen LogP contribution in [0.3, 0.4) is 0 Å². The van der Waals surface area contributed by atoms with Gasteiger partial charge in [0, 0.05) is 23.0 Å². The minimum atomic E-state index is -0.339. The Balaban J connectivity index is 2.60. The Hall–Kier alpha value is -2.36. The summed E-state index contributed by atoms with van der Waals surface area (Å²) in [6.07, 6.45) is 1.79. The number of H-pyrrole nitrogens is 1. The van der Waals surface area contributed by atoms with E-state index in [9.17, 15) is 10.1 Å². The standard InChI is InChI=1S/C12H8N2O2/c15-14(16)11-7-8-5-6-13-12(8)10-4-2-1-3-9(10)11/h1-7,13H. The number of nitro benzene ring substituents is 1. The van der Waals surface area contributed by atoms with Crippen molar-refractivity contribution in [3.05, 3.63) is 52.7 Å². The quantitative estimate of drug-likeness (QED) is 0.497. The summed E-state index contributed by atoms with van der Waals surface area (Å²) in [6.45, 7) is 0. The third-order valence-corrected chi connectivity index (χ3v) is 2.74. The van der Waals surface area contributed by atoms with Gasteiger partial charge in [0.1, 0.15) is 0 Å². The van der Waals surface area contributed by atoms with Crippen molar-refractivity contribution in [3.63, 3.8) is 0 Å². The van der Waals surface area contributed by atoms with E-state index in [0.29, 0.717) is 5.39 Å². The van der Waals surface area contributed by atoms with Crippen LogP contribution in [0.2, 0.25) is 0 Å². The third-order valence-electron chi connectivity index (χ3n) is 2.74. The largest absolute Gasteiger partial charge is 0.361 e. The Morgan fingerprint density at radius 2 is 1.88 bits per heavy atom. The van der Waals surface area contributed by atoms with E-state index in [1.54, 1.807) is 18.3 Å². The number of nitro groups is 1. The first-order valence-corrected chi connectivity index (χ1v) is 4.90. The molecule has 1 heterocycles. The second kappa shape index (κ2) is 3.06. The lowest BCUT2D eigenvalue weighted by Crippen LogP contribution is -1.89. The topological polar surface area (TPSA) is 58.9 Å². The summed E-state index contributed by atoms with van der Waals surface area (Å²) in [6, 6.07) is 10.8. The maximum Gasteiger partial charge on any atom is 0.277 e. The van der Waals surface area contributed by atoms with Gasteiger partial charge in [0.2, 0.25) is 0 Å². The summed E-state index contributed by atoms with van der Waals surface area (Å²) in [5, 5.41) is 13.4. The lowest BCUT2D eigenvalue weighted by Gasteiger charge is -2.01. The molecule has 0 unspecified atom stereocenters. The smallest absolute Gasteiger partial charge is 0.277 e. The molecule has 16 heavy (non-hydrogen) atoms. The van der Waals surface area contributed by atoms with Crippen molar-refractivity contribution < 1.29 is 4.92 Å². The summed E-state index contributed by atoms with van der Waals surface area (Å²) >= 11 is 0. The molecule has 0 aliphatic rings. The Morgan fingerprint density at radius 3 is 2.62 bits per heavy atom. The molecule has 0 fully saturated rings. The van der Waals surface area contributed by atoms with Crippen LogP contribution >= 0.6 is 0 Å². The van der Waals surface area contributed by atoms with Crippen molar-refractivity contribution in [2.75, 3.05) is 0 Å². The van der Waals surface area contributed by atoms with Gasteiger partial charge in [0.15, 0.2) is 0 Å². The van der Waals surface area contributed by atoms with Crippen LogP contribution in [-0.4, -0.2) is 9.91 Å². The maximum atomic E-state index is 11.0. The first-order valence-electron chi connectivity index (χ1n) is 4.90. The molecule has 0 saturated carbocycles. The van der Waals surface area contributed by atoms with Crippen molar-refractivity contribution in [3.8, 4) is 0 Å². The Bertz CT molecular complexity index is 700. The molecule has 0 bridgehead atoms.